The van der Waals surface area contributed by atoms with E-state index >= 15 is 0 Å². The van der Waals surface area contributed by atoms with Crippen molar-refractivity contribution in [2.45, 2.75) is 0 Å². The fraction of sp³-hybridized carbons (Fsp3) is 0. The van der Waals surface area contributed by atoms with Crippen molar-refractivity contribution in [3.8, 4) is 0 Å². The first kappa shape index (κ1) is 13.0. The summed E-state index contributed by atoms with van der Waals surface area (Å²) in [6, 6.07) is 8.61. The van der Waals surface area contributed by atoms with Gasteiger partial charge in [-0.3, -0.25) is 5.43 Å². The van der Waals surface area contributed by atoms with Gasteiger partial charge in [0.05, 0.1) is 6.21 Å². The Balaban J connectivity index is 2.23. The Hall–Kier alpha value is -2.44. The highest BCUT2D eigenvalue weighted by atomic mass is 19.2. The Kier molecular flexibility index (Phi) is 3.74. The number of pyridine rings is 1. The summed E-state index contributed by atoms with van der Waals surface area (Å²) in [6.45, 7) is 0. The number of benzene rings is 1. The van der Waals surface area contributed by atoms with Crippen LogP contribution in [0, 0.1) is 23.5 Å². The van der Waals surface area contributed by atoms with E-state index in [0.717, 1.165) is 0 Å². The fourth-order valence-electron chi connectivity index (χ4n) is 1.30. The van der Waals surface area contributed by atoms with Crippen LogP contribution in [0.25, 0.3) is 0 Å². The first-order chi connectivity index (χ1) is 9.09. The van der Waals surface area contributed by atoms with Crippen LogP contribution in [-0.4, -0.2) is 11.2 Å². The third-order valence-corrected chi connectivity index (χ3v) is 2.19. The Morgan fingerprint density at radius 1 is 0.947 bits per heavy atom. The highest BCUT2D eigenvalue weighted by Gasteiger charge is 2.20. The summed E-state index contributed by atoms with van der Waals surface area (Å²) in [4.78, 5) is 2.42. The van der Waals surface area contributed by atoms with Crippen LogP contribution in [0.5, 0.6) is 0 Å². The molecule has 0 fully saturated rings. The van der Waals surface area contributed by atoms with Gasteiger partial charge in [0.15, 0.2) is 0 Å². The molecule has 1 aromatic carbocycles. The molecule has 0 amide bonds. The molecule has 0 aliphatic heterocycles. The van der Waals surface area contributed by atoms with Crippen LogP contribution in [0.3, 0.4) is 0 Å². The lowest BCUT2D eigenvalue weighted by atomic mass is 10.2. The van der Waals surface area contributed by atoms with Gasteiger partial charge in [-0.05, 0) is 5.56 Å². The first-order valence-corrected chi connectivity index (χ1v) is 5.13. The number of rotatable bonds is 3. The summed E-state index contributed by atoms with van der Waals surface area (Å²) in [5.74, 6) is -6.75. The third-order valence-electron chi connectivity index (χ3n) is 2.19. The number of hydrogen-bond acceptors (Lipinski definition) is 3. The molecule has 0 spiro atoms. The Labute approximate surface area is 105 Å². The standard InChI is InChI=1S/C12H7F4N3/c13-8-10(9(14)12(16)18-11(8)15)19-17-6-7-4-2-1-3-5-7/h1-6H,(H,18,19)/b17-6-. The molecule has 98 valence electrons. The zero-order valence-corrected chi connectivity index (χ0v) is 9.37. The molecule has 2 rings (SSSR count). The number of halogens is 4. The predicted octanol–water partition coefficient (Wildman–Crippen LogP) is 3.08. The number of anilines is 1. The fourth-order valence-corrected chi connectivity index (χ4v) is 1.30. The summed E-state index contributed by atoms with van der Waals surface area (Å²) in [6.07, 6.45) is 1.25. The third kappa shape index (κ3) is 2.87. The molecule has 0 saturated heterocycles. The lowest BCUT2D eigenvalue weighted by molar-refractivity contribution is 0.411. The Bertz CT molecular complexity index is 588. The van der Waals surface area contributed by atoms with Crippen LogP contribution < -0.4 is 5.43 Å². The predicted molar refractivity (Wildman–Crippen MR) is 61.7 cm³/mol. The minimum absolute atomic E-state index is 0.644. The van der Waals surface area contributed by atoms with Gasteiger partial charge in [0.25, 0.3) is 11.9 Å². The van der Waals surface area contributed by atoms with Gasteiger partial charge in [-0.1, -0.05) is 30.3 Å². The van der Waals surface area contributed by atoms with Gasteiger partial charge < -0.3 is 0 Å². The summed E-state index contributed by atoms with van der Waals surface area (Å²) in [5, 5.41) is 3.50. The highest BCUT2D eigenvalue weighted by Crippen LogP contribution is 2.21. The molecule has 2 aromatic rings. The minimum Gasteiger partial charge on any atom is -0.272 e. The molecule has 0 atom stereocenters. The zero-order chi connectivity index (χ0) is 13.8. The molecular weight excluding hydrogens is 262 g/mol. The normalized spacial score (nSPS) is 10.9. The van der Waals surface area contributed by atoms with Gasteiger partial charge in [-0.2, -0.15) is 27.6 Å². The number of nitrogens with one attached hydrogen (secondary N) is 1. The van der Waals surface area contributed by atoms with Crippen molar-refractivity contribution in [3.05, 3.63) is 59.4 Å². The second kappa shape index (κ2) is 5.47. The Morgan fingerprint density at radius 2 is 1.53 bits per heavy atom. The maximum atomic E-state index is 13.2. The SMILES string of the molecule is Fc1nc(F)c(F)c(N/N=C\c2ccccc2)c1F. The second-order valence-electron chi connectivity index (χ2n) is 3.48. The van der Waals surface area contributed by atoms with Gasteiger partial charge in [-0.15, -0.1) is 0 Å². The molecule has 1 N–H and O–H groups in total. The van der Waals surface area contributed by atoms with Crippen LogP contribution in [-0.2, 0) is 0 Å². The molecule has 0 radical (unpaired) electrons. The molecule has 0 unspecified atom stereocenters. The number of aromatic nitrogens is 1. The molecule has 7 heteroatoms. The van der Waals surface area contributed by atoms with E-state index in [-0.39, 0.29) is 0 Å². The maximum Gasteiger partial charge on any atom is 0.254 e. The second-order valence-corrected chi connectivity index (χ2v) is 3.48. The maximum absolute atomic E-state index is 13.2. The van der Waals surface area contributed by atoms with Gasteiger partial charge in [0.1, 0.15) is 5.69 Å². The van der Waals surface area contributed by atoms with E-state index in [1.165, 1.54) is 6.21 Å². The van der Waals surface area contributed by atoms with Crippen molar-refractivity contribution in [2.24, 2.45) is 5.10 Å². The zero-order valence-electron chi connectivity index (χ0n) is 9.37. The van der Waals surface area contributed by atoms with Crippen LogP contribution in [0.15, 0.2) is 35.4 Å². The first-order valence-electron chi connectivity index (χ1n) is 5.13. The van der Waals surface area contributed by atoms with E-state index in [9.17, 15) is 17.6 Å². The van der Waals surface area contributed by atoms with Crippen molar-refractivity contribution in [1.29, 1.82) is 0 Å². The quantitative estimate of drug-likeness (QED) is 0.402. The summed E-state index contributed by atoms with van der Waals surface area (Å²) < 4.78 is 51.9. The molecule has 0 saturated carbocycles. The van der Waals surface area contributed by atoms with Gasteiger partial charge in [-0.25, -0.2) is 0 Å². The summed E-state index contributed by atoms with van der Waals surface area (Å²) in [7, 11) is 0. The lowest BCUT2D eigenvalue weighted by Crippen LogP contribution is -2.05. The highest BCUT2D eigenvalue weighted by molar-refractivity contribution is 5.80. The van der Waals surface area contributed by atoms with E-state index in [0.29, 0.717) is 5.56 Å². The van der Waals surface area contributed by atoms with Gasteiger partial charge >= 0.3 is 0 Å². The van der Waals surface area contributed by atoms with Gasteiger partial charge in [0, 0.05) is 0 Å². The molecule has 1 aromatic heterocycles. The van der Waals surface area contributed by atoms with E-state index < -0.39 is 29.2 Å². The average Bonchev–Trinajstić information content (AvgIpc) is 2.42. The molecule has 1 heterocycles. The van der Waals surface area contributed by atoms with E-state index in [1.54, 1.807) is 30.3 Å². The molecule has 19 heavy (non-hydrogen) atoms. The number of hydrogen-bond donors (Lipinski definition) is 1. The largest absolute Gasteiger partial charge is 0.272 e. The number of hydrazone groups is 1. The monoisotopic (exact) mass is 269 g/mol. The van der Waals surface area contributed by atoms with Crippen molar-refractivity contribution in [3.63, 3.8) is 0 Å². The molecule has 0 aliphatic carbocycles. The topological polar surface area (TPSA) is 37.3 Å². The van der Waals surface area contributed by atoms with Crippen molar-refractivity contribution in [2.75, 3.05) is 5.43 Å². The van der Waals surface area contributed by atoms with Gasteiger partial charge in [0.2, 0.25) is 11.6 Å². The summed E-state index contributed by atoms with van der Waals surface area (Å²) in [5.41, 5.74) is 1.52. The van der Waals surface area contributed by atoms with E-state index in [2.05, 4.69) is 10.1 Å². The smallest absolute Gasteiger partial charge is 0.254 e. The number of nitrogens with zero attached hydrogens (tertiary/aromatic N) is 2. The average molecular weight is 269 g/mol. The molecule has 0 bridgehead atoms. The van der Waals surface area contributed by atoms with Crippen molar-refractivity contribution >= 4 is 11.9 Å². The van der Waals surface area contributed by atoms with E-state index in [4.69, 9.17) is 0 Å². The van der Waals surface area contributed by atoms with E-state index in [1.807, 2.05) is 5.43 Å². The lowest BCUT2D eigenvalue weighted by Gasteiger charge is -2.04. The molecule has 0 aliphatic rings. The van der Waals surface area contributed by atoms with Crippen LogP contribution in [0.1, 0.15) is 5.56 Å². The van der Waals surface area contributed by atoms with Crippen LogP contribution >= 0.6 is 0 Å². The van der Waals surface area contributed by atoms with Crippen molar-refractivity contribution < 1.29 is 17.6 Å². The van der Waals surface area contributed by atoms with Crippen molar-refractivity contribution in [1.82, 2.24) is 4.98 Å². The van der Waals surface area contributed by atoms with Crippen LogP contribution in [0.4, 0.5) is 23.2 Å². The summed E-state index contributed by atoms with van der Waals surface area (Å²) >= 11 is 0. The molecular formula is C12H7F4N3. The van der Waals surface area contributed by atoms with Crippen LogP contribution in [0.2, 0.25) is 0 Å². The Morgan fingerprint density at radius 3 is 2.11 bits per heavy atom. The minimum atomic E-state index is -1.74. The molecule has 3 nitrogen and oxygen atoms in total.